The Morgan fingerprint density at radius 2 is 2.50 bits per heavy atom. The van der Waals surface area contributed by atoms with Crippen molar-refractivity contribution in [1.29, 1.82) is 0 Å². The average Bonchev–Trinajstić information content (AvgIpc) is 2.38. The molecule has 0 N–H and O–H groups in total. The van der Waals surface area contributed by atoms with Gasteiger partial charge in [0, 0.05) is 12.7 Å². The van der Waals surface area contributed by atoms with Gasteiger partial charge in [-0.15, -0.1) is 0 Å². The standard InChI is InChI=1S/C11H12ClFN2O3/c1-17-11(16)9-6-18-3-2-15(9)10-8(13)4-7(12)5-14-10/h4-5,9H,2-3,6H2,1H3. The first-order chi connectivity index (χ1) is 8.63. The van der Waals surface area contributed by atoms with Crippen LogP contribution in [0.25, 0.3) is 0 Å². The van der Waals surface area contributed by atoms with Crippen molar-refractivity contribution < 1.29 is 18.7 Å². The van der Waals surface area contributed by atoms with E-state index in [9.17, 15) is 9.18 Å². The predicted octanol–water partition coefficient (Wildman–Crippen LogP) is 1.25. The number of rotatable bonds is 2. The van der Waals surface area contributed by atoms with Crippen LogP contribution in [-0.4, -0.2) is 43.9 Å². The fourth-order valence-electron chi connectivity index (χ4n) is 1.81. The molecule has 18 heavy (non-hydrogen) atoms. The van der Waals surface area contributed by atoms with Crippen molar-refractivity contribution in [2.75, 3.05) is 31.8 Å². The highest BCUT2D eigenvalue weighted by atomic mass is 35.5. The highest BCUT2D eigenvalue weighted by Crippen LogP contribution is 2.23. The molecule has 7 heteroatoms. The van der Waals surface area contributed by atoms with Crippen molar-refractivity contribution in [1.82, 2.24) is 4.98 Å². The number of pyridine rings is 1. The fourth-order valence-corrected chi connectivity index (χ4v) is 1.95. The van der Waals surface area contributed by atoms with Gasteiger partial charge in [-0.25, -0.2) is 14.2 Å². The van der Waals surface area contributed by atoms with Crippen molar-refractivity contribution in [2.24, 2.45) is 0 Å². The lowest BCUT2D eigenvalue weighted by atomic mass is 10.2. The Kier molecular flexibility index (Phi) is 3.98. The Morgan fingerprint density at radius 1 is 1.72 bits per heavy atom. The maximum Gasteiger partial charge on any atom is 0.330 e. The Labute approximate surface area is 108 Å². The summed E-state index contributed by atoms with van der Waals surface area (Å²) in [7, 11) is 1.28. The average molecular weight is 275 g/mol. The lowest BCUT2D eigenvalue weighted by Crippen LogP contribution is -2.51. The van der Waals surface area contributed by atoms with E-state index in [2.05, 4.69) is 9.72 Å². The van der Waals surface area contributed by atoms with Crippen LogP contribution in [0.3, 0.4) is 0 Å². The van der Waals surface area contributed by atoms with Crippen LogP contribution in [0.1, 0.15) is 0 Å². The highest BCUT2D eigenvalue weighted by Gasteiger charge is 2.32. The van der Waals surface area contributed by atoms with Crippen molar-refractivity contribution in [3.8, 4) is 0 Å². The van der Waals surface area contributed by atoms with Gasteiger partial charge >= 0.3 is 5.97 Å². The molecule has 0 spiro atoms. The molecular formula is C11H12ClFN2O3. The van der Waals surface area contributed by atoms with Gasteiger partial charge in [-0.3, -0.25) is 0 Å². The molecule has 1 aromatic rings. The minimum Gasteiger partial charge on any atom is -0.467 e. The Morgan fingerprint density at radius 3 is 3.17 bits per heavy atom. The van der Waals surface area contributed by atoms with E-state index >= 15 is 0 Å². The van der Waals surface area contributed by atoms with Crippen molar-refractivity contribution in [2.45, 2.75) is 6.04 Å². The Bertz CT molecular complexity index is 458. The van der Waals surface area contributed by atoms with Crippen LogP contribution >= 0.6 is 11.6 Å². The van der Waals surface area contributed by atoms with Gasteiger partial charge in [-0.05, 0) is 6.07 Å². The minimum absolute atomic E-state index is 0.0816. The van der Waals surface area contributed by atoms with Crippen molar-refractivity contribution >= 4 is 23.4 Å². The molecule has 1 fully saturated rings. The molecule has 2 rings (SSSR count). The topological polar surface area (TPSA) is 51.7 Å². The summed E-state index contributed by atoms with van der Waals surface area (Å²) in [6.45, 7) is 0.916. The molecule has 1 aromatic heterocycles. The van der Waals surface area contributed by atoms with E-state index in [1.165, 1.54) is 18.2 Å². The van der Waals surface area contributed by atoms with Gasteiger partial charge in [-0.1, -0.05) is 11.6 Å². The normalized spacial score (nSPS) is 19.7. The van der Waals surface area contributed by atoms with E-state index in [1.807, 2.05) is 0 Å². The molecule has 98 valence electrons. The second kappa shape index (κ2) is 5.49. The predicted molar refractivity (Wildman–Crippen MR) is 63.2 cm³/mol. The molecule has 0 radical (unpaired) electrons. The third-order valence-electron chi connectivity index (χ3n) is 2.66. The largest absolute Gasteiger partial charge is 0.467 e. The molecule has 2 heterocycles. The van der Waals surface area contributed by atoms with Crippen LogP contribution in [0.4, 0.5) is 10.2 Å². The number of aromatic nitrogens is 1. The minimum atomic E-state index is -0.688. The molecule has 1 unspecified atom stereocenters. The number of carbonyl (C=O) groups is 1. The van der Waals surface area contributed by atoms with Crippen LogP contribution < -0.4 is 4.90 Å². The van der Waals surface area contributed by atoms with Crippen molar-refractivity contribution in [3.05, 3.63) is 23.1 Å². The summed E-state index contributed by atoms with van der Waals surface area (Å²) in [5, 5.41) is 0.208. The van der Waals surface area contributed by atoms with E-state index in [-0.39, 0.29) is 17.4 Å². The summed E-state index contributed by atoms with van der Waals surface area (Å²) >= 11 is 5.64. The zero-order valence-corrected chi connectivity index (χ0v) is 10.5. The molecular weight excluding hydrogens is 263 g/mol. The molecule has 5 nitrogen and oxygen atoms in total. The smallest absolute Gasteiger partial charge is 0.330 e. The van der Waals surface area contributed by atoms with E-state index < -0.39 is 17.8 Å². The lowest BCUT2D eigenvalue weighted by molar-refractivity contribution is -0.144. The summed E-state index contributed by atoms with van der Waals surface area (Å²) in [4.78, 5) is 17.1. The molecule has 0 amide bonds. The number of anilines is 1. The highest BCUT2D eigenvalue weighted by molar-refractivity contribution is 6.30. The fraction of sp³-hybridized carbons (Fsp3) is 0.455. The van der Waals surface area contributed by atoms with E-state index in [1.54, 1.807) is 0 Å². The van der Waals surface area contributed by atoms with Gasteiger partial charge in [-0.2, -0.15) is 0 Å². The number of nitrogens with zero attached hydrogens (tertiary/aromatic N) is 2. The zero-order chi connectivity index (χ0) is 13.1. The number of hydrogen-bond acceptors (Lipinski definition) is 5. The third kappa shape index (κ3) is 2.54. The van der Waals surface area contributed by atoms with Gasteiger partial charge in [0.05, 0.1) is 25.3 Å². The van der Waals surface area contributed by atoms with Crippen LogP contribution in [0, 0.1) is 5.82 Å². The summed E-state index contributed by atoms with van der Waals surface area (Å²) in [5.74, 6) is -0.970. The zero-order valence-electron chi connectivity index (χ0n) is 9.73. The maximum absolute atomic E-state index is 13.8. The number of hydrogen-bond donors (Lipinski definition) is 0. The quantitative estimate of drug-likeness (QED) is 0.760. The second-order valence-electron chi connectivity index (χ2n) is 3.77. The first-order valence-corrected chi connectivity index (χ1v) is 5.74. The SMILES string of the molecule is COC(=O)C1COCCN1c1ncc(Cl)cc1F. The molecule has 1 aliphatic heterocycles. The van der Waals surface area contributed by atoms with Gasteiger partial charge in [0.25, 0.3) is 0 Å². The maximum atomic E-state index is 13.8. The van der Waals surface area contributed by atoms with Crippen LogP contribution in [0.2, 0.25) is 5.02 Å². The molecule has 1 aliphatic rings. The molecule has 0 aromatic carbocycles. The first kappa shape index (κ1) is 13.0. The first-order valence-electron chi connectivity index (χ1n) is 5.36. The number of ether oxygens (including phenoxy) is 2. The number of esters is 1. The molecule has 0 saturated carbocycles. The lowest BCUT2D eigenvalue weighted by Gasteiger charge is -2.34. The number of methoxy groups -OCH3 is 1. The Hall–Kier alpha value is -1.40. The van der Waals surface area contributed by atoms with Crippen LogP contribution in [0.5, 0.6) is 0 Å². The summed E-state index contributed by atoms with van der Waals surface area (Å²) in [5.41, 5.74) is 0. The van der Waals surface area contributed by atoms with Crippen LogP contribution in [0.15, 0.2) is 12.3 Å². The number of halogens is 2. The molecule has 1 saturated heterocycles. The van der Waals surface area contributed by atoms with Crippen molar-refractivity contribution in [3.63, 3.8) is 0 Å². The van der Waals surface area contributed by atoms with Gasteiger partial charge in [0.2, 0.25) is 0 Å². The molecule has 0 bridgehead atoms. The number of morpholine rings is 1. The summed E-state index contributed by atoms with van der Waals surface area (Å²) in [6.07, 6.45) is 1.34. The van der Waals surface area contributed by atoms with E-state index in [0.29, 0.717) is 13.2 Å². The summed E-state index contributed by atoms with van der Waals surface area (Å²) in [6, 6.07) is 0.472. The van der Waals surface area contributed by atoms with E-state index in [0.717, 1.165) is 6.07 Å². The molecule has 0 aliphatic carbocycles. The summed E-state index contributed by atoms with van der Waals surface area (Å²) < 4.78 is 23.7. The van der Waals surface area contributed by atoms with Crippen LogP contribution in [-0.2, 0) is 14.3 Å². The van der Waals surface area contributed by atoms with Gasteiger partial charge < -0.3 is 14.4 Å². The Balaban J connectivity index is 2.30. The molecule has 1 atom stereocenters. The van der Waals surface area contributed by atoms with Gasteiger partial charge in [0.1, 0.15) is 0 Å². The third-order valence-corrected chi connectivity index (χ3v) is 2.87. The van der Waals surface area contributed by atoms with E-state index in [4.69, 9.17) is 16.3 Å². The number of carbonyl (C=O) groups excluding carboxylic acids is 1. The second-order valence-corrected chi connectivity index (χ2v) is 4.20. The monoisotopic (exact) mass is 274 g/mol. The van der Waals surface area contributed by atoms with Gasteiger partial charge in [0.15, 0.2) is 17.7 Å².